The molecule has 0 aromatic heterocycles. The summed E-state index contributed by atoms with van der Waals surface area (Å²) in [7, 11) is 3.99. The molecule has 2 amide bonds. The first-order valence-electron chi connectivity index (χ1n) is 9.12. The van der Waals surface area contributed by atoms with E-state index in [0.29, 0.717) is 13.1 Å². The van der Waals surface area contributed by atoms with E-state index in [1.54, 1.807) is 0 Å². The molecule has 1 heterocycles. The number of carboxylic acid groups (broad SMARTS) is 2. The molecular formula is C19H29N3O6. The molecule has 156 valence electrons. The lowest BCUT2D eigenvalue weighted by Gasteiger charge is -2.19. The Morgan fingerprint density at radius 2 is 1.93 bits per heavy atom. The highest BCUT2D eigenvalue weighted by atomic mass is 16.5. The summed E-state index contributed by atoms with van der Waals surface area (Å²) < 4.78 is 6.01. The van der Waals surface area contributed by atoms with E-state index < -0.39 is 11.9 Å². The van der Waals surface area contributed by atoms with Crippen molar-refractivity contribution in [3.8, 4) is 5.75 Å². The lowest BCUT2D eigenvalue weighted by atomic mass is 10.1. The Bertz CT molecular complexity index is 653. The first-order valence-corrected chi connectivity index (χ1v) is 9.12. The van der Waals surface area contributed by atoms with Gasteiger partial charge in [0.15, 0.2) is 0 Å². The van der Waals surface area contributed by atoms with Crippen LogP contribution < -0.4 is 10.1 Å². The Balaban J connectivity index is 0.000000568. The van der Waals surface area contributed by atoms with Gasteiger partial charge in [-0.25, -0.2) is 14.4 Å². The van der Waals surface area contributed by atoms with Gasteiger partial charge >= 0.3 is 18.0 Å². The van der Waals surface area contributed by atoms with Crippen molar-refractivity contribution < 1.29 is 29.3 Å². The van der Waals surface area contributed by atoms with Crippen molar-refractivity contribution in [1.29, 1.82) is 0 Å². The van der Waals surface area contributed by atoms with E-state index in [9.17, 15) is 4.79 Å². The monoisotopic (exact) mass is 395 g/mol. The molecular weight excluding hydrogens is 366 g/mol. The third kappa shape index (κ3) is 8.72. The van der Waals surface area contributed by atoms with E-state index in [1.165, 1.54) is 5.56 Å². The van der Waals surface area contributed by atoms with Crippen LogP contribution >= 0.6 is 0 Å². The van der Waals surface area contributed by atoms with Gasteiger partial charge in [0.1, 0.15) is 11.9 Å². The van der Waals surface area contributed by atoms with E-state index in [-0.39, 0.29) is 12.1 Å². The van der Waals surface area contributed by atoms with Crippen LogP contribution in [0.25, 0.3) is 0 Å². The van der Waals surface area contributed by atoms with E-state index in [2.05, 4.69) is 29.3 Å². The summed E-state index contributed by atoms with van der Waals surface area (Å²) in [4.78, 5) is 34.2. The molecule has 0 aliphatic carbocycles. The van der Waals surface area contributed by atoms with Crippen LogP contribution in [-0.2, 0) is 16.0 Å². The van der Waals surface area contributed by atoms with Crippen LogP contribution in [0.4, 0.5) is 4.79 Å². The summed E-state index contributed by atoms with van der Waals surface area (Å²) in [6, 6.07) is 8.20. The molecule has 1 aliphatic rings. The van der Waals surface area contributed by atoms with Gasteiger partial charge in [0.25, 0.3) is 0 Å². The molecule has 3 N–H and O–H groups in total. The second kappa shape index (κ2) is 11.8. The number of likely N-dealkylation sites (tertiary alicyclic amines) is 1. The molecule has 1 unspecified atom stereocenters. The Hall–Kier alpha value is -2.81. The van der Waals surface area contributed by atoms with Crippen molar-refractivity contribution in [2.45, 2.75) is 25.9 Å². The predicted molar refractivity (Wildman–Crippen MR) is 104 cm³/mol. The number of benzene rings is 1. The topological polar surface area (TPSA) is 119 Å². The molecule has 9 heteroatoms. The molecule has 0 bridgehead atoms. The van der Waals surface area contributed by atoms with Crippen LogP contribution in [-0.4, -0.2) is 84.4 Å². The summed E-state index contributed by atoms with van der Waals surface area (Å²) in [5.74, 6) is -2.75. The number of ether oxygens (including phenoxy) is 1. The van der Waals surface area contributed by atoms with Gasteiger partial charge in [-0.3, -0.25) is 0 Å². The lowest BCUT2D eigenvalue weighted by molar-refractivity contribution is -0.159. The summed E-state index contributed by atoms with van der Waals surface area (Å²) in [5.41, 5.74) is 1.27. The van der Waals surface area contributed by atoms with Crippen molar-refractivity contribution in [1.82, 2.24) is 15.1 Å². The highest BCUT2D eigenvalue weighted by molar-refractivity contribution is 6.27. The molecule has 1 aromatic carbocycles. The molecule has 1 atom stereocenters. The zero-order valence-corrected chi connectivity index (χ0v) is 16.6. The maximum Gasteiger partial charge on any atom is 0.414 e. The summed E-state index contributed by atoms with van der Waals surface area (Å²) in [5, 5.41) is 17.7. The molecule has 0 spiro atoms. The number of carbonyl (C=O) groups excluding carboxylic acids is 1. The van der Waals surface area contributed by atoms with Gasteiger partial charge in [-0.05, 0) is 38.2 Å². The Morgan fingerprint density at radius 3 is 2.50 bits per heavy atom. The van der Waals surface area contributed by atoms with E-state index >= 15 is 0 Å². The summed E-state index contributed by atoms with van der Waals surface area (Å²) >= 11 is 0. The fourth-order valence-electron chi connectivity index (χ4n) is 2.54. The Labute approximate surface area is 164 Å². The zero-order chi connectivity index (χ0) is 21.1. The standard InChI is InChI=1S/C17H27N3O2.C2H2O4/c1-4-14-6-5-7-15(12-14)22-16-8-10-20(13-16)17(21)18-9-11-19(2)3;3-1(4)2(5)6/h5-7,12,16H,4,8-11,13H2,1-3H3,(H,18,21);(H,3,4)(H,5,6). The van der Waals surface area contributed by atoms with Crippen LogP contribution in [0.3, 0.4) is 0 Å². The number of aliphatic carboxylic acids is 2. The minimum atomic E-state index is -1.82. The lowest BCUT2D eigenvalue weighted by Crippen LogP contribution is -2.41. The van der Waals surface area contributed by atoms with Gasteiger partial charge in [-0.15, -0.1) is 0 Å². The quantitative estimate of drug-likeness (QED) is 0.618. The molecule has 0 radical (unpaired) electrons. The fourth-order valence-corrected chi connectivity index (χ4v) is 2.54. The number of aryl methyl sites for hydroxylation is 1. The minimum Gasteiger partial charge on any atom is -0.489 e. The number of hydrogen-bond acceptors (Lipinski definition) is 5. The van der Waals surface area contributed by atoms with Gasteiger partial charge < -0.3 is 30.1 Å². The number of likely N-dealkylation sites (N-methyl/N-ethyl adjacent to an activating group) is 1. The average molecular weight is 395 g/mol. The second-order valence-electron chi connectivity index (χ2n) is 6.62. The molecule has 0 saturated carbocycles. The molecule has 28 heavy (non-hydrogen) atoms. The maximum absolute atomic E-state index is 12.1. The summed E-state index contributed by atoms with van der Waals surface area (Å²) in [6.45, 7) is 5.07. The average Bonchev–Trinajstić information content (AvgIpc) is 3.10. The van der Waals surface area contributed by atoms with Crippen molar-refractivity contribution in [3.05, 3.63) is 29.8 Å². The molecule has 1 aliphatic heterocycles. The smallest absolute Gasteiger partial charge is 0.414 e. The second-order valence-corrected chi connectivity index (χ2v) is 6.62. The van der Waals surface area contributed by atoms with Crippen LogP contribution in [0, 0.1) is 0 Å². The fraction of sp³-hybridized carbons (Fsp3) is 0.526. The van der Waals surface area contributed by atoms with Crippen LogP contribution in [0.5, 0.6) is 5.75 Å². The molecule has 9 nitrogen and oxygen atoms in total. The van der Waals surface area contributed by atoms with Gasteiger partial charge in [-0.1, -0.05) is 19.1 Å². The van der Waals surface area contributed by atoms with Crippen LogP contribution in [0.15, 0.2) is 24.3 Å². The van der Waals surface area contributed by atoms with E-state index in [1.807, 2.05) is 31.1 Å². The SMILES string of the molecule is CCc1cccc(OC2CCN(C(=O)NCCN(C)C)C2)c1.O=C(O)C(=O)O. The highest BCUT2D eigenvalue weighted by Gasteiger charge is 2.27. The van der Waals surface area contributed by atoms with Crippen molar-refractivity contribution in [3.63, 3.8) is 0 Å². The first-order chi connectivity index (χ1) is 13.2. The third-order valence-electron chi connectivity index (χ3n) is 4.06. The zero-order valence-electron chi connectivity index (χ0n) is 16.6. The Kier molecular flexibility index (Phi) is 9.80. The van der Waals surface area contributed by atoms with Crippen molar-refractivity contribution >= 4 is 18.0 Å². The van der Waals surface area contributed by atoms with E-state index in [0.717, 1.165) is 31.7 Å². The number of carbonyl (C=O) groups is 3. The van der Waals surface area contributed by atoms with Crippen molar-refractivity contribution in [2.24, 2.45) is 0 Å². The minimum absolute atomic E-state index is 0.00950. The van der Waals surface area contributed by atoms with Gasteiger partial charge in [-0.2, -0.15) is 0 Å². The van der Waals surface area contributed by atoms with Gasteiger partial charge in [0, 0.05) is 26.1 Å². The van der Waals surface area contributed by atoms with Gasteiger partial charge in [0.2, 0.25) is 0 Å². The number of urea groups is 1. The van der Waals surface area contributed by atoms with Crippen LogP contribution in [0.1, 0.15) is 18.9 Å². The maximum atomic E-state index is 12.1. The Morgan fingerprint density at radius 1 is 1.25 bits per heavy atom. The predicted octanol–water partition coefficient (Wildman–Crippen LogP) is 1.13. The van der Waals surface area contributed by atoms with Gasteiger partial charge in [0.05, 0.1) is 6.54 Å². The number of carboxylic acids is 2. The normalized spacial score (nSPS) is 15.6. The molecule has 2 rings (SSSR count). The number of rotatable bonds is 6. The molecule has 1 saturated heterocycles. The largest absolute Gasteiger partial charge is 0.489 e. The molecule has 1 aromatic rings. The number of amides is 2. The first kappa shape index (κ1) is 23.2. The number of nitrogens with one attached hydrogen (secondary N) is 1. The highest BCUT2D eigenvalue weighted by Crippen LogP contribution is 2.20. The van der Waals surface area contributed by atoms with E-state index in [4.69, 9.17) is 24.5 Å². The molecule has 1 fully saturated rings. The van der Waals surface area contributed by atoms with Crippen molar-refractivity contribution in [2.75, 3.05) is 40.3 Å². The third-order valence-corrected chi connectivity index (χ3v) is 4.06. The van der Waals surface area contributed by atoms with Crippen LogP contribution in [0.2, 0.25) is 0 Å². The number of hydrogen-bond donors (Lipinski definition) is 3. The summed E-state index contributed by atoms with van der Waals surface area (Å²) in [6.07, 6.45) is 1.98. The number of nitrogens with zero attached hydrogens (tertiary/aromatic N) is 2.